The zero-order chi connectivity index (χ0) is 21.6. The summed E-state index contributed by atoms with van der Waals surface area (Å²) in [4.78, 5) is 23.7. The fraction of sp³-hybridized carbons (Fsp3) is 0.542. The van der Waals surface area contributed by atoms with Crippen LogP contribution < -0.4 is 20.3 Å². The van der Waals surface area contributed by atoms with E-state index in [9.17, 15) is 4.79 Å². The maximum atomic E-state index is 12.5. The van der Waals surface area contributed by atoms with Crippen molar-refractivity contribution in [3.05, 3.63) is 42.2 Å². The average molecular weight is 424 g/mol. The Balaban J connectivity index is 1.25. The van der Waals surface area contributed by atoms with Gasteiger partial charge >= 0.3 is 0 Å². The first kappa shape index (κ1) is 21.4. The fourth-order valence-electron chi connectivity index (χ4n) is 4.17. The van der Waals surface area contributed by atoms with E-state index in [1.165, 1.54) is 12.8 Å². The van der Waals surface area contributed by atoms with Gasteiger partial charge in [-0.15, -0.1) is 0 Å². The third-order valence-electron chi connectivity index (χ3n) is 6.20. The van der Waals surface area contributed by atoms with Crippen LogP contribution in [0.4, 0.5) is 11.6 Å². The number of aromatic nitrogens is 2. The van der Waals surface area contributed by atoms with E-state index < -0.39 is 0 Å². The van der Waals surface area contributed by atoms with Gasteiger partial charge in [0.25, 0.3) is 0 Å². The summed E-state index contributed by atoms with van der Waals surface area (Å²) >= 11 is 0. The number of anilines is 2. The van der Waals surface area contributed by atoms with E-state index >= 15 is 0 Å². The number of nitrogens with one attached hydrogen (secondary N) is 2. The second-order valence-corrected chi connectivity index (χ2v) is 8.74. The van der Waals surface area contributed by atoms with Gasteiger partial charge in [0.1, 0.15) is 23.7 Å². The van der Waals surface area contributed by atoms with Crippen LogP contribution in [0, 0.1) is 5.92 Å². The van der Waals surface area contributed by atoms with Crippen molar-refractivity contribution in [3.63, 3.8) is 0 Å². The lowest BCUT2D eigenvalue weighted by Crippen LogP contribution is -2.36. The first-order chi connectivity index (χ1) is 15.1. The van der Waals surface area contributed by atoms with Gasteiger partial charge in [-0.25, -0.2) is 9.97 Å². The van der Waals surface area contributed by atoms with Crippen molar-refractivity contribution >= 4 is 17.5 Å². The molecule has 0 spiro atoms. The van der Waals surface area contributed by atoms with Gasteiger partial charge in [-0.3, -0.25) is 4.79 Å². The minimum Gasteiger partial charge on any atom is -0.497 e. The Morgan fingerprint density at radius 2 is 2.03 bits per heavy atom. The number of hydrogen-bond donors (Lipinski definition) is 2. The maximum absolute atomic E-state index is 12.5. The highest BCUT2D eigenvalue weighted by Crippen LogP contribution is 2.28. The molecule has 1 saturated heterocycles. The Labute approximate surface area is 184 Å². The van der Waals surface area contributed by atoms with Crippen LogP contribution in [0.1, 0.15) is 57.1 Å². The molecule has 2 unspecified atom stereocenters. The van der Waals surface area contributed by atoms with E-state index in [2.05, 4.69) is 31.6 Å². The van der Waals surface area contributed by atoms with Crippen LogP contribution in [0.5, 0.6) is 5.75 Å². The molecule has 2 aromatic rings. The van der Waals surface area contributed by atoms with Crippen LogP contribution in [0.15, 0.2) is 36.7 Å². The molecule has 0 radical (unpaired) electrons. The van der Waals surface area contributed by atoms with E-state index in [0.717, 1.165) is 55.3 Å². The van der Waals surface area contributed by atoms with Gasteiger partial charge in [0, 0.05) is 31.6 Å². The molecule has 0 bridgehead atoms. The van der Waals surface area contributed by atoms with Crippen LogP contribution >= 0.6 is 0 Å². The number of carbonyl (C=O) groups is 1. The molecule has 1 amide bonds. The molecule has 1 aliphatic carbocycles. The highest BCUT2D eigenvalue weighted by atomic mass is 16.5. The number of carbonyl (C=O) groups excluding carboxylic acids is 1. The lowest BCUT2D eigenvalue weighted by atomic mass is 9.93. The van der Waals surface area contributed by atoms with E-state index in [0.29, 0.717) is 18.4 Å². The predicted octanol–water partition coefficient (Wildman–Crippen LogP) is 3.93. The Morgan fingerprint density at radius 3 is 2.77 bits per heavy atom. The average Bonchev–Trinajstić information content (AvgIpc) is 3.62. The SMILES string of the molecule is COc1ccc(C(C)NC(=O)CCC2CCCN(c3cc(NC4CC4)ncn3)C2)cc1. The summed E-state index contributed by atoms with van der Waals surface area (Å²) < 4.78 is 5.20. The van der Waals surface area contributed by atoms with Gasteiger partial charge in [0.2, 0.25) is 5.91 Å². The van der Waals surface area contributed by atoms with Gasteiger partial charge in [0.05, 0.1) is 13.2 Å². The summed E-state index contributed by atoms with van der Waals surface area (Å²) in [5.41, 5.74) is 1.08. The summed E-state index contributed by atoms with van der Waals surface area (Å²) in [5.74, 6) is 3.34. The molecule has 1 aromatic carbocycles. The Hall–Kier alpha value is -2.83. The van der Waals surface area contributed by atoms with Crippen molar-refractivity contribution in [1.29, 1.82) is 0 Å². The highest BCUT2D eigenvalue weighted by molar-refractivity contribution is 5.76. The molecule has 1 aromatic heterocycles. The Morgan fingerprint density at radius 1 is 1.23 bits per heavy atom. The largest absolute Gasteiger partial charge is 0.497 e. The standard InChI is InChI=1S/C24H33N5O2/c1-17(19-6-10-21(31-2)11-7-19)27-24(30)12-5-18-4-3-13-29(15-18)23-14-22(25-16-26-23)28-20-8-9-20/h6-7,10-11,14,16-18,20H,3-5,8-9,12-13,15H2,1-2H3,(H,27,30)(H,25,26,28). The van der Waals surface area contributed by atoms with Gasteiger partial charge in [-0.2, -0.15) is 0 Å². The minimum absolute atomic E-state index is 0.0142. The van der Waals surface area contributed by atoms with Crippen molar-refractivity contribution in [2.75, 3.05) is 30.4 Å². The molecule has 31 heavy (non-hydrogen) atoms. The second kappa shape index (κ2) is 9.98. The molecule has 1 aliphatic heterocycles. The molecule has 2 heterocycles. The number of rotatable bonds is 9. The minimum atomic E-state index is -0.0142. The molecular formula is C24H33N5O2. The summed E-state index contributed by atoms with van der Waals surface area (Å²) in [6.45, 7) is 3.97. The first-order valence-electron chi connectivity index (χ1n) is 11.4. The summed E-state index contributed by atoms with van der Waals surface area (Å²) in [7, 11) is 1.65. The predicted molar refractivity (Wildman–Crippen MR) is 122 cm³/mol. The van der Waals surface area contributed by atoms with Crippen LogP contribution in [-0.4, -0.2) is 42.1 Å². The van der Waals surface area contributed by atoms with Crippen LogP contribution in [0.25, 0.3) is 0 Å². The number of nitrogens with zero attached hydrogens (tertiary/aromatic N) is 3. The van der Waals surface area contributed by atoms with Gasteiger partial charge in [-0.05, 0) is 62.6 Å². The molecule has 2 N–H and O–H groups in total. The van der Waals surface area contributed by atoms with Crippen molar-refractivity contribution < 1.29 is 9.53 Å². The first-order valence-corrected chi connectivity index (χ1v) is 11.4. The summed E-state index contributed by atoms with van der Waals surface area (Å²) in [6, 6.07) is 10.5. The summed E-state index contributed by atoms with van der Waals surface area (Å²) in [6.07, 6.45) is 7.85. The van der Waals surface area contributed by atoms with Gasteiger partial charge in [-0.1, -0.05) is 12.1 Å². The zero-order valence-electron chi connectivity index (χ0n) is 18.5. The van der Waals surface area contributed by atoms with Crippen LogP contribution in [0.3, 0.4) is 0 Å². The molecule has 2 aliphatic rings. The fourth-order valence-corrected chi connectivity index (χ4v) is 4.17. The highest BCUT2D eigenvalue weighted by Gasteiger charge is 2.24. The molecule has 2 fully saturated rings. The molecular weight excluding hydrogens is 390 g/mol. The van der Waals surface area contributed by atoms with Crippen molar-refractivity contribution in [2.24, 2.45) is 5.92 Å². The molecule has 4 rings (SSSR count). The number of piperidine rings is 1. The molecule has 7 nitrogen and oxygen atoms in total. The third-order valence-corrected chi connectivity index (χ3v) is 6.20. The van der Waals surface area contributed by atoms with E-state index in [4.69, 9.17) is 4.74 Å². The number of ether oxygens (including phenoxy) is 1. The third kappa shape index (κ3) is 6.09. The quantitative estimate of drug-likeness (QED) is 0.636. The maximum Gasteiger partial charge on any atom is 0.220 e. The number of methoxy groups -OCH3 is 1. The van der Waals surface area contributed by atoms with Crippen molar-refractivity contribution in [1.82, 2.24) is 15.3 Å². The van der Waals surface area contributed by atoms with Crippen LogP contribution in [-0.2, 0) is 4.79 Å². The van der Waals surface area contributed by atoms with E-state index in [-0.39, 0.29) is 11.9 Å². The monoisotopic (exact) mass is 423 g/mol. The Bertz CT molecular complexity index is 869. The number of amides is 1. The van der Waals surface area contributed by atoms with E-state index in [1.54, 1.807) is 13.4 Å². The van der Waals surface area contributed by atoms with E-state index in [1.807, 2.05) is 31.2 Å². The zero-order valence-corrected chi connectivity index (χ0v) is 18.5. The summed E-state index contributed by atoms with van der Waals surface area (Å²) in [5, 5.41) is 6.57. The smallest absolute Gasteiger partial charge is 0.220 e. The number of hydrogen-bond acceptors (Lipinski definition) is 6. The van der Waals surface area contributed by atoms with Gasteiger partial charge in [0.15, 0.2) is 0 Å². The van der Waals surface area contributed by atoms with Crippen LogP contribution in [0.2, 0.25) is 0 Å². The van der Waals surface area contributed by atoms with Crippen molar-refractivity contribution in [2.45, 2.75) is 57.5 Å². The molecule has 7 heteroatoms. The van der Waals surface area contributed by atoms with Crippen molar-refractivity contribution in [3.8, 4) is 5.75 Å². The lowest BCUT2D eigenvalue weighted by Gasteiger charge is -2.33. The molecule has 166 valence electrons. The lowest BCUT2D eigenvalue weighted by molar-refractivity contribution is -0.122. The molecule has 1 saturated carbocycles. The Kier molecular flexibility index (Phi) is 6.89. The second-order valence-electron chi connectivity index (χ2n) is 8.74. The molecule has 2 atom stereocenters. The number of benzene rings is 1. The van der Waals surface area contributed by atoms with Gasteiger partial charge < -0.3 is 20.3 Å². The topological polar surface area (TPSA) is 79.4 Å². The normalized spacial score (nSPS) is 19.5.